The monoisotopic (exact) mass is 434 g/mol. The Hall–Kier alpha value is -1.89. The summed E-state index contributed by atoms with van der Waals surface area (Å²) in [6, 6.07) is 13.6. The summed E-state index contributed by atoms with van der Waals surface area (Å²) >= 11 is 5.89. The summed E-state index contributed by atoms with van der Waals surface area (Å²) in [5.41, 5.74) is 1.93. The molecule has 5 nitrogen and oxygen atoms in total. The second-order valence-electron chi connectivity index (χ2n) is 7.75. The van der Waals surface area contributed by atoms with Gasteiger partial charge in [-0.25, -0.2) is 8.42 Å². The minimum Gasteiger partial charge on any atom is -0.326 e. The second-order valence-corrected chi connectivity index (χ2v) is 10.1. The van der Waals surface area contributed by atoms with Crippen LogP contribution in [-0.2, 0) is 14.8 Å². The predicted molar refractivity (Wildman–Crippen MR) is 117 cm³/mol. The van der Waals surface area contributed by atoms with Crippen LogP contribution in [0.25, 0.3) is 0 Å². The number of carbonyl (C=O) groups is 1. The van der Waals surface area contributed by atoms with Crippen LogP contribution in [0.1, 0.15) is 51.0 Å². The number of piperidine rings is 1. The zero-order valence-electron chi connectivity index (χ0n) is 16.8. The van der Waals surface area contributed by atoms with Gasteiger partial charge in [0.05, 0.1) is 4.90 Å². The Morgan fingerprint density at radius 2 is 1.76 bits per heavy atom. The third kappa shape index (κ3) is 5.38. The third-order valence-corrected chi connectivity index (χ3v) is 7.49. The Morgan fingerprint density at radius 1 is 1.10 bits per heavy atom. The normalized spacial score (nSPS) is 18.0. The zero-order valence-corrected chi connectivity index (χ0v) is 18.3. The number of amides is 1. The quantitative estimate of drug-likeness (QED) is 0.692. The molecule has 0 spiro atoms. The van der Waals surface area contributed by atoms with Crippen molar-refractivity contribution < 1.29 is 13.2 Å². The van der Waals surface area contributed by atoms with Crippen LogP contribution in [0.15, 0.2) is 53.4 Å². The van der Waals surface area contributed by atoms with E-state index in [4.69, 9.17) is 11.6 Å². The fraction of sp³-hybridized carbons (Fsp3) is 0.409. The van der Waals surface area contributed by atoms with E-state index in [1.54, 1.807) is 12.1 Å². The summed E-state index contributed by atoms with van der Waals surface area (Å²) < 4.78 is 27.7. The van der Waals surface area contributed by atoms with Crippen LogP contribution in [0, 0.1) is 0 Å². The van der Waals surface area contributed by atoms with E-state index in [1.165, 1.54) is 22.0 Å². The van der Waals surface area contributed by atoms with Crippen LogP contribution in [0.2, 0.25) is 5.02 Å². The van der Waals surface area contributed by atoms with Gasteiger partial charge in [-0.1, -0.05) is 44.0 Å². The van der Waals surface area contributed by atoms with Gasteiger partial charge >= 0.3 is 0 Å². The number of nitrogens with zero attached hydrogens (tertiary/aromatic N) is 1. The van der Waals surface area contributed by atoms with Gasteiger partial charge < -0.3 is 5.32 Å². The molecule has 1 aliphatic heterocycles. The van der Waals surface area contributed by atoms with Crippen molar-refractivity contribution >= 4 is 33.2 Å². The molecule has 29 heavy (non-hydrogen) atoms. The molecule has 2 aromatic rings. The average molecular weight is 435 g/mol. The van der Waals surface area contributed by atoms with Crippen LogP contribution in [0.3, 0.4) is 0 Å². The molecule has 0 radical (unpaired) electrons. The van der Waals surface area contributed by atoms with Crippen LogP contribution < -0.4 is 5.32 Å². The average Bonchev–Trinajstić information content (AvgIpc) is 2.69. The van der Waals surface area contributed by atoms with Crippen molar-refractivity contribution in [1.82, 2.24) is 4.31 Å². The number of hydrogen-bond donors (Lipinski definition) is 1. The Balaban J connectivity index is 1.70. The summed E-state index contributed by atoms with van der Waals surface area (Å²) in [6.45, 7) is 4.66. The highest BCUT2D eigenvalue weighted by molar-refractivity contribution is 7.89. The molecule has 1 atom stereocenters. The van der Waals surface area contributed by atoms with Gasteiger partial charge in [0, 0.05) is 29.7 Å². The van der Waals surface area contributed by atoms with Gasteiger partial charge in [-0.3, -0.25) is 4.79 Å². The first-order valence-electron chi connectivity index (χ1n) is 9.94. The molecular formula is C22H27ClN2O3S. The molecule has 0 aromatic heterocycles. The number of nitrogens with one attached hydrogen (secondary N) is 1. The van der Waals surface area contributed by atoms with E-state index >= 15 is 0 Å². The van der Waals surface area contributed by atoms with Crippen molar-refractivity contribution in [3.05, 3.63) is 59.1 Å². The van der Waals surface area contributed by atoms with Crippen molar-refractivity contribution in [3.8, 4) is 0 Å². The number of anilines is 1. The standard InChI is InChI=1S/C22H27ClN2O3S/c1-16(2)17-6-10-19(11-7-17)24-22(26)15-20-5-3-4-14-25(20)29(27,28)21-12-8-18(23)9-13-21/h6-13,16,20H,3-5,14-15H2,1-2H3,(H,24,26)/t20-/m1/s1. The number of benzene rings is 2. The Bertz CT molecular complexity index is 941. The smallest absolute Gasteiger partial charge is 0.243 e. The molecule has 2 aromatic carbocycles. The fourth-order valence-electron chi connectivity index (χ4n) is 3.61. The SMILES string of the molecule is CC(C)c1ccc(NC(=O)C[C@H]2CCCCN2S(=O)(=O)c2ccc(Cl)cc2)cc1. The highest BCUT2D eigenvalue weighted by Gasteiger charge is 2.34. The molecule has 1 amide bonds. The van der Waals surface area contributed by atoms with Crippen molar-refractivity contribution in [2.24, 2.45) is 0 Å². The van der Waals surface area contributed by atoms with Crippen LogP contribution in [0.4, 0.5) is 5.69 Å². The number of sulfonamides is 1. The van der Waals surface area contributed by atoms with Gasteiger partial charge in [0.25, 0.3) is 0 Å². The van der Waals surface area contributed by atoms with E-state index < -0.39 is 10.0 Å². The van der Waals surface area contributed by atoms with Crippen molar-refractivity contribution in [2.75, 3.05) is 11.9 Å². The largest absolute Gasteiger partial charge is 0.326 e. The van der Waals surface area contributed by atoms with Crippen molar-refractivity contribution in [2.45, 2.75) is 56.4 Å². The first-order valence-corrected chi connectivity index (χ1v) is 11.8. The van der Waals surface area contributed by atoms with E-state index in [0.717, 1.165) is 18.5 Å². The van der Waals surface area contributed by atoms with Gasteiger partial charge in [-0.2, -0.15) is 4.31 Å². The fourth-order valence-corrected chi connectivity index (χ4v) is 5.43. The van der Waals surface area contributed by atoms with E-state index in [9.17, 15) is 13.2 Å². The Morgan fingerprint density at radius 3 is 2.38 bits per heavy atom. The molecule has 0 unspecified atom stereocenters. The van der Waals surface area contributed by atoms with Crippen LogP contribution in [0.5, 0.6) is 0 Å². The predicted octanol–water partition coefficient (Wildman–Crippen LogP) is 5.04. The lowest BCUT2D eigenvalue weighted by molar-refractivity contribution is -0.117. The van der Waals surface area contributed by atoms with Gasteiger partial charge in [0.1, 0.15) is 0 Å². The van der Waals surface area contributed by atoms with Crippen LogP contribution >= 0.6 is 11.6 Å². The number of carbonyl (C=O) groups excluding carboxylic acids is 1. The van der Waals surface area contributed by atoms with Crippen molar-refractivity contribution in [3.63, 3.8) is 0 Å². The Kier molecular flexibility index (Phi) is 6.98. The molecule has 0 saturated carbocycles. The Labute approximate surface area is 178 Å². The van der Waals surface area contributed by atoms with E-state index in [-0.39, 0.29) is 23.3 Å². The van der Waals surface area contributed by atoms with E-state index in [2.05, 4.69) is 19.2 Å². The summed E-state index contributed by atoms with van der Waals surface area (Å²) in [6.07, 6.45) is 2.51. The van der Waals surface area contributed by atoms with Crippen molar-refractivity contribution in [1.29, 1.82) is 0 Å². The number of rotatable bonds is 6. The molecular weight excluding hydrogens is 408 g/mol. The maximum Gasteiger partial charge on any atom is 0.243 e. The number of halogens is 1. The maximum atomic E-state index is 13.1. The van der Waals surface area contributed by atoms with Gasteiger partial charge in [0.2, 0.25) is 15.9 Å². The molecule has 1 fully saturated rings. The molecule has 156 valence electrons. The summed E-state index contributed by atoms with van der Waals surface area (Å²) in [4.78, 5) is 12.8. The minimum atomic E-state index is -3.67. The summed E-state index contributed by atoms with van der Waals surface area (Å²) in [5.74, 6) is 0.249. The van der Waals surface area contributed by atoms with Crippen LogP contribution in [-0.4, -0.2) is 31.2 Å². The van der Waals surface area contributed by atoms with Gasteiger partial charge in [-0.05, 0) is 60.7 Å². The first kappa shape index (κ1) is 21.8. The lowest BCUT2D eigenvalue weighted by Crippen LogP contribution is -2.45. The topological polar surface area (TPSA) is 66.5 Å². The van der Waals surface area contributed by atoms with E-state index in [1.807, 2.05) is 24.3 Å². The second kappa shape index (κ2) is 9.28. The summed E-state index contributed by atoms with van der Waals surface area (Å²) in [5, 5.41) is 3.38. The summed E-state index contributed by atoms with van der Waals surface area (Å²) in [7, 11) is -3.67. The molecule has 7 heteroatoms. The number of hydrogen-bond acceptors (Lipinski definition) is 3. The molecule has 1 aliphatic rings. The maximum absolute atomic E-state index is 13.1. The lowest BCUT2D eigenvalue weighted by Gasteiger charge is -2.34. The highest BCUT2D eigenvalue weighted by atomic mass is 35.5. The van der Waals surface area contributed by atoms with E-state index in [0.29, 0.717) is 23.9 Å². The highest BCUT2D eigenvalue weighted by Crippen LogP contribution is 2.28. The molecule has 1 saturated heterocycles. The molecule has 0 bridgehead atoms. The molecule has 1 N–H and O–H groups in total. The first-order chi connectivity index (χ1) is 13.8. The van der Waals surface area contributed by atoms with Gasteiger partial charge in [0.15, 0.2) is 0 Å². The zero-order chi connectivity index (χ0) is 21.0. The van der Waals surface area contributed by atoms with Gasteiger partial charge in [-0.15, -0.1) is 0 Å². The molecule has 3 rings (SSSR count). The minimum absolute atomic E-state index is 0.138. The third-order valence-electron chi connectivity index (χ3n) is 5.28. The lowest BCUT2D eigenvalue weighted by atomic mass is 10.0. The molecule has 0 aliphatic carbocycles. The molecule has 1 heterocycles.